The van der Waals surface area contributed by atoms with Crippen molar-refractivity contribution in [2.75, 3.05) is 0 Å². The Hall–Kier alpha value is -0.630. The summed E-state index contributed by atoms with van der Waals surface area (Å²) in [4.78, 5) is 4.61. The molecule has 0 aliphatic carbocycles. The summed E-state index contributed by atoms with van der Waals surface area (Å²) >= 11 is 0. The van der Waals surface area contributed by atoms with Crippen molar-refractivity contribution in [1.29, 1.82) is 0 Å². The van der Waals surface area contributed by atoms with Crippen LogP contribution in [0.5, 0.6) is 0 Å². The van der Waals surface area contributed by atoms with E-state index in [4.69, 9.17) is 5.73 Å². The standard InChI is InChI=1S/C10H16N2/c1-2-7-5-8-3-4-9(11)10(6-7)12-8/h2,7,9-10H,1,3-6,11H2/t7?,9-,10-/m1/s1. The van der Waals surface area contributed by atoms with Gasteiger partial charge in [-0.05, 0) is 31.6 Å². The lowest BCUT2D eigenvalue weighted by molar-refractivity contribution is 0.387. The van der Waals surface area contributed by atoms with Gasteiger partial charge in [-0.2, -0.15) is 0 Å². The molecule has 0 aromatic rings. The minimum atomic E-state index is 0.302. The molecule has 0 aromatic carbocycles. The van der Waals surface area contributed by atoms with Gasteiger partial charge in [-0.3, -0.25) is 4.99 Å². The normalized spacial score (nSPS) is 40.4. The second kappa shape index (κ2) is 3.02. The predicted octanol–water partition coefficient (Wildman–Crippen LogP) is 1.51. The van der Waals surface area contributed by atoms with Crippen molar-refractivity contribution in [2.24, 2.45) is 16.6 Å². The molecule has 2 aliphatic heterocycles. The molecule has 2 nitrogen and oxygen atoms in total. The van der Waals surface area contributed by atoms with Crippen LogP contribution in [0, 0.1) is 5.92 Å². The fourth-order valence-corrected chi connectivity index (χ4v) is 2.18. The zero-order valence-electron chi connectivity index (χ0n) is 7.37. The number of allylic oxidation sites excluding steroid dienone is 1. The third-order valence-corrected chi connectivity index (χ3v) is 2.98. The van der Waals surface area contributed by atoms with Crippen molar-refractivity contribution in [3.05, 3.63) is 12.7 Å². The lowest BCUT2D eigenvalue weighted by Crippen LogP contribution is -2.42. The molecular weight excluding hydrogens is 148 g/mol. The van der Waals surface area contributed by atoms with Gasteiger partial charge in [0, 0.05) is 11.8 Å². The molecule has 0 amide bonds. The number of aliphatic imine (C=N–C) groups is 1. The lowest BCUT2D eigenvalue weighted by atomic mass is 9.81. The van der Waals surface area contributed by atoms with E-state index < -0.39 is 0 Å². The number of hydrogen-bond donors (Lipinski definition) is 1. The topological polar surface area (TPSA) is 38.4 Å². The van der Waals surface area contributed by atoms with Crippen molar-refractivity contribution in [2.45, 2.75) is 37.8 Å². The maximum atomic E-state index is 5.96. The molecule has 2 rings (SSSR count). The summed E-state index contributed by atoms with van der Waals surface area (Å²) in [5.74, 6) is 0.633. The first kappa shape index (κ1) is 7.99. The summed E-state index contributed by atoms with van der Waals surface area (Å²) in [7, 11) is 0. The van der Waals surface area contributed by atoms with E-state index in [9.17, 15) is 0 Å². The molecule has 2 N–H and O–H groups in total. The number of nitrogens with two attached hydrogens (primary N) is 1. The highest BCUT2D eigenvalue weighted by molar-refractivity contribution is 5.86. The fourth-order valence-electron chi connectivity index (χ4n) is 2.18. The van der Waals surface area contributed by atoms with E-state index in [-0.39, 0.29) is 0 Å². The number of nitrogens with zero attached hydrogens (tertiary/aromatic N) is 1. The summed E-state index contributed by atoms with van der Waals surface area (Å²) in [5, 5.41) is 0. The van der Waals surface area contributed by atoms with Gasteiger partial charge in [-0.1, -0.05) is 6.08 Å². The van der Waals surface area contributed by atoms with Gasteiger partial charge < -0.3 is 5.73 Å². The lowest BCUT2D eigenvalue weighted by Gasteiger charge is -2.34. The van der Waals surface area contributed by atoms with Crippen LogP contribution in [0.2, 0.25) is 0 Å². The fraction of sp³-hybridized carbons (Fsp3) is 0.700. The summed E-state index contributed by atoms with van der Waals surface area (Å²) in [6, 6.07) is 0.696. The Morgan fingerprint density at radius 2 is 2.42 bits per heavy atom. The minimum absolute atomic E-state index is 0.302. The van der Waals surface area contributed by atoms with Crippen LogP contribution in [-0.2, 0) is 0 Å². The number of fused-ring (bicyclic) bond motifs is 1. The first-order valence-electron chi connectivity index (χ1n) is 4.73. The van der Waals surface area contributed by atoms with Crippen molar-refractivity contribution in [3.8, 4) is 0 Å². The van der Waals surface area contributed by atoms with E-state index in [1.165, 1.54) is 5.71 Å². The Kier molecular flexibility index (Phi) is 2.01. The van der Waals surface area contributed by atoms with E-state index in [1.54, 1.807) is 0 Å². The van der Waals surface area contributed by atoms with E-state index >= 15 is 0 Å². The highest BCUT2D eigenvalue weighted by Crippen LogP contribution is 2.29. The summed E-state index contributed by atoms with van der Waals surface area (Å²) in [6.07, 6.45) is 6.55. The molecule has 66 valence electrons. The van der Waals surface area contributed by atoms with Crippen molar-refractivity contribution >= 4 is 5.71 Å². The molecule has 3 atom stereocenters. The molecule has 12 heavy (non-hydrogen) atoms. The Morgan fingerprint density at radius 1 is 1.58 bits per heavy atom. The Morgan fingerprint density at radius 3 is 3.17 bits per heavy atom. The van der Waals surface area contributed by atoms with E-state index in [2.05, 4.69) is 17.6 Å². The van der Waals surface area contributed by atoms with Crippen LogP contribution >= 0.6 is 0 Å². The molecule has 0 saturated heterocycles. The molecule has 1 unspecified atom stereocenters. The van der Waals surface area contributed by atoms with Gasteiger partial charge in [0.1, 0.15) is 0 Å². The minimum Gasteiger partial charge on any atom is -0.326 e. The van der Waals surface area contributed by atoms with Gasteiger partial charge in [0.25, 0.3) is 0 Å². The molecule has 2 aliphatic rings. The van der Waals surface area contributed by atoms with Crippen LogP contribution in [0.25, 0.3) is 0 Å². The third-order valence-electron chi connectivity index (χ3n) is 2.98. The number of rotatable bonds is 1. The van der Waals surface area contributed by atoms with E-state index in [1.807, 2.05) is 0 Å². The highest BCUT2D eigenvalue weighted by atomic mass is 14.9. The smallest absolute Gasteiger partial charge is 0.0655 e. The molecule has 0 spiro atoms. The molecule has 2 heterocycles. The van der Waals surface area contributed by atoms with E-state index in [0.29, 0.717) is 18.0 Å². The predicted molar refractivity (Wildman–Crippen MR) is 51.4 cm³/mol. The van der Waals surface area contributed by atoms with Gasteiger partial charge >= 0.3 is 0 Å². The average molecular weight is 164 g/mol. The monoisotopic (exact) mass is 164 g/mol. The first-order valence-corrected chi connectivity index (χ1v) is 4.73. The van der Waals surface area contributed by atoms with Gasteiger partial charge in [0.2, 0.25) is 0 Å². The third kappa shape index (κ3) is 1.31. The van der Waals surface area contributed by atoms with E-state index in [0.717, 1.165) is 25.7 Å². The van der Waals surface area contributed by atoms with Crippen LogP contribution in [0.1, 0.15) is 25.7 Å². The zero-order valence-corrected chi connectivity index (χ0v) is 7.37. The van der Waals surface area contributed by atoms with Gasteiger partial charge in [0.15, 0.2) is 0 Å². The zero-order chi connectivity index (χ0) is 8.55. The van der Waals surface area contributed by atoms with Crippen molar-refractivity contribution < 1.29 is 0 Å². The van der Waals surface area contributed by atoms with Crippen LogP contribution in [0.4, 0.5) is 0 Å². The molecule has 2 bridgehead atoms. The maximum absolute atomic E-state index is 5.96. The molecule has 0 saturated carbocycles. The molecular formula is C10H16N2. The summed E-state index contributed by atoms with van der Waals surface area (Å²) in [6.45, 7) is 3.84. The van der Waals surface area contributed by atoms with Crippen molar-refractivity contribution in [1.82, 2.24) is 0 Å². The Labute approximate surface area is 73.6 Å². The first-order chi connectivity index (χ1) is 5.79. The van der Waals surface area contributed by atoms with Crippen LogP contribution in [-0.4, -0.2) is 17.8 Å². The Bertz CT molecular complexity index is 220. The van der Waals surface area contributed by atoms with Crippen molar-refractivity contribution in [3.63, 3.8) is 0 Å². The molecule has 0 fully saturated rings. The summed E-state index contributed by atoms with van der Waals surface area (Å²) in [5.41, 5.74) is 7.33. The second-order valence-electron chi connectivity index (χ2n) is 3.90. The Balaban J connectivity index is 2.15. The maximum Gasteiger partial charge on any atom is 0.0655 e. The van der Waals surface area contributed by atoms with Crippen LogP contribution < -0.4 is 5.73 Å². The molecule has 0 radical (unpaired) electrons. The molecule has 2 heteroatoms. The summed E-state index contributed by atoms with van der Waals surface area (Å²) < 4.78 is 0. The second-order valence-corrected chi connectivity index (χ2v) is 3.90. The van der Waals surface area contributed by atoms with Gasteiger partial charge in [-0.25, -0.2) is 0 Å². The molecule has 0 aromatic heterocycles. The average Bonchev–Trinajstić information content (AvgIpc) is 2.12. The largest absolute Gasteiger partial charge is 0.326 e. The van der Waals surface area contributed by atoms with Crippen LogP contribution in [0.15, 0.2) is 17.6 Å². The van der Waals surface area contributed by atoms with Crippen LogP contribution in [0.3, 0.4) is 0 Å². The van der Waals surface area contributed by atoms with Gasteiger partial charge in [-0.15, -0.1) is 6.58 Å². The SMILES string of the molecule is C=CC1CC2=N[C@H](C1)[C@H](N)CC2. The quantitative estimate of drug-likeness (QED) is 0.586. The number of hydrogen-bond acceptors (Lipinski definition) is 2. The highest BCUT2D eigenvalue weighted by Gasteiger charge is 2.29. The van der Waals surface area contributed by atoms with Gasteiger partial charge in [0.05, 0.1) is 6.04 Å².